The van der Waals surface area contributed by atoms with Crippen molar-refractivity contribution in [1.82, 2.24) is 15.3 Å². The van der Waals surface area contributed by atoms with E-state index in [1.165, 1.54) is 11.1 Å². The number of hydrogen-bond acceptors (Lipinski definition) is 3. The number of nitrogens with zero attached hydrogens (tertiary/aromatic N) is 1. The van der Waals surface area contributed by atoms with E-state index in [0.29, 0.717) is 12.4 Å². The van der Waals surface area contributed by atoms with Crippen LogP contribution >= 0.6 is 0 Å². The minimum atomic E-state index is -0.502. The SMILES string of the molecule is Cc1cc(C)cc(-c2cnc(CNC(=O)OC(C)(C)C)[nH]2)c1. The van der Waals surface area contributed by atoms with Crippen molar-refractivity contribution < 1.29 is 9.53 Å². The molecule has 0 fully saturated rings. The summed E-state index contributed by atoms with van der Waals surface area (Å²) in [4.78, 5) is 19.1. The van der Waals surface area contributed by atoms with Gasteiger partial charge in [0.2, 0.25) is 0 Å². The zero-order chi connectivity index (χ0) is 16.3. The molecule has 0 radical (unpaired) electrons. The van der Waals surface area contributed by atoms with Crippen LogP contribution in [0.1, 0.15) is 37.7 Å². The van der Waals surface area contributed by atoms with Gasteiger partial charge in [0.1, 0.15) is 11.4 Å². The van der Waals surface area contributed by atoms with E-state index in [1.807, 2.05) is 20.8 Å². The average Bonchev–Trinajstić information content (AvgIpc) is 2.82. The molecule has 0 saturated heterocycles. The third-order valence-corrected chi connectivity index (χ3v) is 2.96. The third-order valence-electron chi connectivity index (χ3n) is 2.96. The highest BCUT2D eigenvalue weighted by molar-refractivity contribution is 5.67. The molecule has 2 N–H and O–H groups in total. The Balaban J connectivity index is 2.01. The van der Waals surface area contributed by atoms with E-state index in [1.54, 1.807) is 6.20 Å². The Hall–Kier alpha value is -2.30. The van der Waals surface area contributed by atoms with Crippen LogP contribution in [-0.4, -0.2) is 21.7 Å². The molecule has 0 unspecified atom stereocenters. The van der Waals surface area contributed by atoms with Crippen LogP contribution in [0.3, 0.4) is 0 Å². The number of aromatic amines is 1. The smallest absolute Gasteiger partial charge is 0.408 e. The highest BCUT2D eigenvalue weighted by Crippen LogP contribution is 2.20. The van der Waals surface area contributed by atoms with Gasteiger partial charge in [-0.25, -0.2) is 9.78 Å². The van der Waals surface area contributed by atoms with Crippen molar-refractivity contribution in [2.24, 2.45) is 0 Å². The Morgan fingerprint density at radius 2 is 1.86 bits per heavy atom. The Morgan fingerprint density at radius 1 is 1.23 bits per heavy atom. The molecule has 118 valence electrons. The molecular formula is C17H23N3O2. The van der Waals surface area contributed by atoms with E-state index in [4.69, 9.17) is 4.74 Å². The van der Waals surface area contributed by atoms with Gasteiger partial charge < -0.3 is 15.0 Å². The lowest BCUT2D eigenvalue weighted by Crippen LogP contribution is -2.32. The number of benzene rings is 1. The van der Waals surface area contributed by atoms with Crippen molar-refractivity contribution in [2.75, 3.05) is 0 Å². The number of rotatable bonds is 3. The highest BCUT2D eigenvalue weighted by Gasteiger charge is 2.16. The van der Waals surface area contributed by atoms with Crippen molar-refractivity contribution in [2.45, 2.75) is 46.8 Å². The predicted molar refractivity (Wildman–Crippen MR) is 86.6 cm³/mol. The standard InChI is InChI=1S/C17H23N3O2/c1-11-6-12(2)8-13(7-11)14-9-18-15(20-14)10-19-16(21)22-17(3,4)5/h6-9H,10H2,1-5H3,(H,18,20)(H,19,21). The largest absolute Gasteiger partial charge is 0.444 e. The summed E-state index contributed by atoms with van der Waals surface area (Å²) < 4.78 is 5.19. The first-order valence-corrected chi connectivity index (χ1v) is 7.32. The molecule has 1 amide bonds. The van der Waals surface area contributed by atoms with E-state index in [2.05, 4.69) is 47.3 Å². The van der Waals surface area contributed by atoms with Gasteiger partial charge in [-0.2, -0.15) is 0 Å². The van der Waals surface area contributed by atoms with Crippen molar-refractivity contribution in [1.29, 1.82) is 0 Å². The van der Waals surface area contributed by atoms with Gasteiger partial charge in [0, 0.05) is 5.56 Å². The lowest BCUT2D eigenvalue weighted by molar-refractivity contribution is 0.0522. The molecule has 0 atom stereocenters. The van der Waals surface area contributed by atoms with E-state index in [0.717, 1.165) is 11.3 Å². The van der Waals surface area contributed by atoms with Crippen LogP contribution < -0.4 is 5.32 Å². The van der Waals surface area contributed by atoms with E-state index in [-0.39, 0.29) is 0 Å². The summed E-state index contributed by atoms with van der Waals surface area (Å²) in [5.41, 5.74) is 3.94. The van der Waals surface area contributed by atoms with Crippen molar-refractivity contribution in [3.63, 3.8) is 0 Å². The van der Waals surface area contributed by atoms with Gasteiger partial charge in [-0.1, -0.05) is 17.2 Å². The number of alkyl carbamates (subject to hydrolysis) is 1. The van der Waals surface area contributed by atoms with Gasteiger partial charge in [-0.05, 0) is 46.8 Å². The van der Waals surface area contributed by atoms with Crippen molar-refractivity contribution in [3.8, 4) is 11.3 Å². The second-order valence-corrected chi connectivity index (χ2v) is 6.48. The minimum absolute atomic E-state index is 0.305. The lowest BCUT2D eigenvalue weighted by atomic mass is 10.1. The fraction of sp³-hybridized carbons (Fsp3) is 0.412. The number of aryl methyl sites for hydroxylation is 2. The second kappa shape index (κ2) is 6.22. The molecule has 0 saturated carbocycles. The quantitative estimate of drug-likeness (QED) is 0.908. The molecule has 2 rings (SSSR count). The molecule has 0 aliphatic carbocycles. The van der Waals surface area contributed by atoms with Crippen LogP contribution in [0, 0.1) is 13.8 Å². The van der Waals surface area contributed by atoms with Crippen molar-refractivity contribution in [3.05, 3.63) is 41.3 Å². The number of carbonyl (C=O) groups is 1. The van der Waals surface area contributed by atoms with Crippen LogP contribution in [0.4, 0.5) is 4.79 Å². The number of aromatic nitrogens is 2. The Labute approximate surface area is 131 Å². The molecule has 0 bridgehead atoms. The minimum Gasteiger partial charge on any atom is -0.444 e. The monoisotopic (exact) mass is 301 g/mol. The number of ether oxygens (including phenoxy) is 1. The molecule has 1 aromatic carbocycles. The summed E-state index contributed by atoms with van der Waals surface area (Å²) in [6, 6.07) is 6.34. The van der Waals surface area contributed by atoms with Crippen LogP contribution in [0.5, 0.6) is 0 Å². The molecule has 5 heteroatoms. The van der Waals surface area contributed by atoms with Gasteiger partial charge in [-0.3, -0.25) is 0 Å². The summed E-state index contributed by atoms with van der Waals surface area (Å²) in [5.74, 6) is 0.694. The average molecular weight is 301 g/mol. The first-order valence-electron chi connectivity index (χ1n) is 7.32. The summed E-state index contributed by atoms with van der Waals surface area (Å²) >= 11 is 0. The molecule has 2 aromatic rings. The molecule has 5 nitrogen and oxygen atoms in total. The Morgan fingerprint density at radius 3 is 2.45 bits per heavy atom. The maximum Gasteiger partial charge on any atom is 0.408 e. The summed E-state index contributed by atoms with van der Waals surface area (Å²) in [7, 11) is 0. The first kappa shape index (κ1) is 16.1. The molecule has 1 aromatic heterocycles. The number of imidazole rings is 1. The highest BCUT2D eigenvalue weighted by atomic mass is 16.6. The van der Waals surface area contributed by atoms with Gasteiger partial charge in [0.25, 0.3) is 0 Å². The summed E-state index contributed by atoms with van der Waals surface area (Å²) in [6.07, 6.45) is 1.33. The van der Waals surface area contributed by atoms with E-state index in [9.17, 15) is 4.79 Å². The van der Waals surface area contributed by atoms with Crippen LogP contribution in [0.15, 0.2) is 24.4 Å². The van der Waals surface area contributed by atoms with Crippen LogP contribution in [-0.2, 0) is 11.3 Å². The maximum absolute atomic E-state index is 11.6. The molecule has 0 aliphatic heterocycles. The first-order chi connectivity index (χ1) is 10.2. The van der Waals surface area contributed by atoms with E-state index < -0.39 is 11.7 Å². The Bertz CT molecular complexity index is 649. The van der Waals surface area contributed by atoms with E-state index >= 15 is 0 Å². The summed E-state index contributed by atoms with van der Waals surface area (Å²) in [5, 5.41) is 2.69. The predicted octanol–water partition coefficient (Wildman–Crippen LogP) is 3.72. The molecular weight excluding hydrogens is 278 g/mol. The molecule has 0 spiro atoms. The number of nitrogens with one attached hydrogen (secondary N) is 2. The second-order valence-electron chi connectivity index (χ2n) is 6.48. The molecule has 22 heavy (non-hydrogen) atoms. The fourth-order valence-corrected chi connectivity index (χ4v) is 2.20. The summed E-state index contributed by atoms with van der Waals surface area (Å²) in [6.45, 7) is 9.93. The third kappa shape index (κ3) is 4.62. The normalized spacial score (nSPS) is 11.3. The maximum atomic E-state index is 11.6. The topological polar surface area (TPSA) is 67.0 Å². The van der Waals surface area contributed by atoms with Gasteiger partial charge in [0.15, 0.2) is 0 Å². The van der Waals surface area contributed by atoms with Crippen molar-refractivity contribution >= 4 is 6.09 Å². The van der Waals surface area contributed by atoms with Gasteiger partial charge >= 0.3 is 6.09 Å². The fourth-order valence-electron chi connectivity index (χ4n) is 2.20. The number of carbonyl (C=O) groups excluding carboxylic acids is 1. The zero-order valence-electron chi connectivity index (χ0n) is 13.8. The number of H-pyrrole nitrogens is 1. The lowest BCUT2D eigenvalue weighted by Gasteiger charge is -2.19. The van der Waals surface area contributed by atoms with Gasteiger partial charge in [-0.15, -0.1) is 0 Å². The molecule has 1 heterocycles. The number of amides is 1. The zero-order valence-corrected chi connectivity index (χ0v) is 13.8. The molecule has 0 aliphatic rings. The van der Waals surface area contributed by atoms with Gasteiger partial charge in [0.05, 0.1) is 18.4 Å². The Kier molecular flexibility index (Phi) is 4.54. The number of hydrogen-bond donors (Lipinski definition) is 2. The van der Waals surface area contributed by atoms with Crippen LogP contribution in [0.25, 0.3) is 11.3 Å². The van der Waals surface area contributed by atoms with Crippen LogP contribution in [0.2, 0.25) is 0 Å².